The minimum absolute atomic E-state index is 0.111. The van der Waals surface area contributed by atoms with Crippen LogP contribution >= 0.6 is 11.3 Å². The third-order valence-corrected chi connectivity index (χ3v) is 5.79. The van der Waals surface area contributed by atoms with Crippen molar-refractivity contribution in [2.24, 2.45) is 0 Å². The molecule has 5 heteroatoms. The second-order valence-electron chi connectivity index (χ2n) is 6.61. The zero-order chi connectivity index (χ0) is 17.2. The Kier molecular flexibility index (Phi) is 4.57. The lowest BCUT2D eigenvalue weighted by molar-refractivity contribution is 0.543. The molecule has 4 nitrogen and oxygen atoms in total. The van der Waals surface area contributed by atoms with Gasteiger partial charge in [0.2, 0.25) is 5.95 Å². The van der Waals surface area contributed by atoms with Gasteiger partial charge in [0.05, 0.1) is 5.52 Å². The molecule has 3 heterocycles. The number of hydrogen-bond acceptors (Lipinski definition) is 4. The summed E-state index contributed by atoms with van der Waals surface area (Å²) in [6.07, 6.45) is 4.56. The normalized spacial score (nSPS) is 15.0. The fourth-order valence-electron chi connectivity index (χ4n) is 3.57. The second-order valence-corrected chi connectivity index (χ2v) is 7.49. The molecule has 3 aromatic rings. The Bertz CT molecular complexity index is 923. The van der Waals surface area contributed by atoms with Gasteiger partial charge in [-0.15, -0.1) is 11.3 Å². The fourth-order valence-corrected chi connectivity index (χ4v) is 4.53. The van der Waals surface area contributed by atoms with Crippen molar-refractivity contribution in [2.45, 2.75) is 39.2 Å². The van der Waals surface area contributed by atoms with E-state index in [-0.39, 0.29) is 5.56 Å². The monoisotopic (exact) mass is 353 g/mol. The zero-order valence-corrected chi connectivity index (χ0v) is 15.4. The largest absolute Gasteiger partial charge is 0.342 e. The Hall–Kier alpha value is -2.14. The highest BCUT2D eigenvalue weighted by atomic mass is 32.1. The molecule has 0 N–H and O–H groups in total. The minimum atomic E-state index is 0.111. The lowest BCUT2D eigenvalue weighted by Gasteiger charge is -2.29. The van der Waals surface area contributed by atoms with Crippen LogP contribution in [0.15, 0.2) is 40.5 Å². The standard InChI is InChI=1S/C20H23N3OS/c1-2-11-23-19(24)18-17(21-20(23)22-12-7-4-8-13-22)16(14-25-18)15-9-5-3-6-10-15/h3,5-6,9-10,14H,2,4,7-8,11-13H2,1H3. The van der Waals surface area contributed by atoms with Crippen molar-refractivity contribution in [1.82, 2.24) is 9.55 Å². The first-order valence-corrected chi connectivity index (χ1v) is 10.00. The number of fused-ring (bicyclic) bond motifs is 1. The van der Waals surface area contributed by atoms with E-state index in [4.69, 9.17) is 4.98 Å². The smallest absolute Gasteiger partial charge is 0.272 e. The highest BCUT2D eigenvalue weighted by molar-refractivity contribution is 7.17. The first kappa shape index (κ1) is 16.3. The van der Waals surface area contributed by atoms with E-state index in [9.17, 15) is 4.79 Å². The summed E-state index contributed by atoms with van der Waals surface area (Å²) in [6.45, 7) is 4.82. The molecule has 25 heavy (non-hydrogen) atoms. The van der Waals surface area contributed by atoms with E-state index in [0.29, 0.717) is 0 Å². The van der Waals surface area contributed by atoms with Crippen molar-refractivity contribution in [1.29, 1.82) is 0 Å². The van der Waals surface area contributed by atoms with Crippen LogP contribution in [0.25, 0.3) is 21.3 Å². The number of thiophene rings is 1. The zero-order valence-electron chi connectivity index (χ0n) is 14.6. The number of rotatable bonds is 4. The molecule has 130 valence electrons. The summed E-state index contributed by atoms with van der Waals surface area (Å²) in [5, 5.41) is 2.07. The molecule has 0 unspecified atom stereocenters. The summed E-state index contributed by atoms with van der Waals surface area (Å²) < 4.78 is 2.66. The molecule has 0 spiro atoms. The summed E-state index contributed by atoms with van der Waals surface area (Å²) in [6, 6.07) is 10.2. The second kappa shape index (κ2) is 7.00. The van der Waals surface area contributed by atoms with Crippen LogP contribution in [-0.4, -0.2) is 22.6 Å². The van der Waals surface area contributed by atoms with Crippen LogP contribution in [0, 0.1) is 0 Å². The van der Waals surface area contributed by atoms with Crippen LogP contribution in [-0.2, 0) is 6.54 Å². The van der Waals surface area contributed by atoms with E-state index in [1.807, 2.05) is 22.8 Å². The molecule has 0 aliphatic carbocycles. The van der Waals surface area contributed by atoms with Crippen LogP contribution < -0.4 is 10.5 Å². The lowest BCUT2D eigenvalue weighted by atomic mass is 10.1. The van der Waals surface area contributed by atoms with Crippen LogP contribution in [0.1, 0.15) is 32.6 Å². The molecule has 1 fully saturated rings. The van der Waals surface area contributed by atoms with Crippen molar-refractivity contribution in [3.8, 4) is 11.1 Å². The highest BCUT2D eigenvalue weighted by Gasteiger charge is 2.21. The van der Waals surface area contributed by atoms with E-state index < -0.39 is 0 Å². The molecular formula is C20H23N3OS. The molecule has 0 atom stereocenters. The summed E-state index contributed by atoms with van der Waals surface area (Å²) in [5.74, 6) is 0.856. The molecule has 2 aromatic heterocycles. The van der Waals surface area contributed by atoms with Crippen molar-refractivity contribution < 1.29 is 0 Å². The number of benzene rings is 1. The maximum absolute atomic E-state index is 13.1. The SMILES string of the molecule is CCCn1c(N2CCCCC2)nc2c(-c3ccccc3)csc2c1=O. The fraction of sp³-hybridized carbons (Fsp3) is 0.400. The molecule has 0 saturated carbocycles. The number of anilines is 1. The summed E-state index contributed by atoms with van der Waals surface area (Å²) in [5.41, 5.74) is 3.16. The Morgan fingerprint density at radius 3 is 2.60 bits per heavy atom. The van der Waals surface area contributed by atoms with E-state index >= 15 is 0 Å². The molecule has 1 saturated heterocycles. The minimum Gasteiger partial charge on any atom is -0.342 e. The molecule has 1 aromatic carbocycles. The Labute approximate surface area is 151 Å². The van der Waals surface area contributed by atoms with E-state index in [2.05, 4.69) is 29.3 Å². The van der Waals surface area contributed by atoms with Gasteiger partial charge in [0.1, 0.15) is 4.70 Å². The van der Waals surface area contributed by atoms with Gasteiger partial charge in [-0.1, -0.05) is 37.3 Å². The molecule has 4 rings (SSSR count). The van der Waals surface area contributed by atoms with Crippen LogP contribution in [0.3, 0.4) is 0 Å². The summed E-state index contributed by atoms with van der Waals surface area (Å²) >= 11 is 1.52. The molecule has 0 amide bonds. The van der Waals surface area contributed by atoms with E-state index in [0.717, 1.165) is 53.3 Å². The van der Waals surface area contributed by atoms with Gasteiger partial charge in [-0.05, 0) is 31.2 Å². The van der Waals surface area contributed by atoms with Gasteiger partial charge in [0.25, 0.3) is 5.56 Å². The van der Waals surface area contributed by atoms with Crippen molar-refractivity contribution >= 4 is 27.5 Å². The molecule has 1 aliphatic rings. The average molecular weight is 353 g/mol. The van der Waals surface area contributed by atoms with E-state index in [1.54, 1.807) is 0 Å². The van der Waals surface area contributed by atoms with Gasteiger partial charge in [0.15, 0.2) is 0 Å². The quantitative estimate of drug-likeness (QED) is 0.692. The van der Waals surface area contributed by atoms with Gasteiger partial charge in [-0.3, -0.25) is 9.36 Å². The average Bonchev–Trinajstić information content (AvgIpc) is 3.09. The van der Waals surface area contributed by atoms with Gasteiger partial charge in [-0.25, -0.2) is 4.98 Å². The van der Waals surface area contributed by atoms with Gasteiger partial charge < -0.3 is 4.90 Å². The number of hydrogen-bond donors (Lipinski definition) is 0. The molecular weight excluding hydrogens is 330 g/mol. The van der Waals surface area contributed by atoms with Gasteiger partial charge in [0, 0.05) is 30.6 Å². The Morgan fingerprint density at radius 2 is 1.88 bits per heavy atom. The first-order chi connectivity index (χ1) is 12.3. The number of aromatic nitrogens is 2. The van der Waals surface area contributed by atoms with Crippen LogP contribution in [0.2, 0.25) is 0 Å². The van der Waals surface area contributed by atoms with Crippen LogP contribution in [0.4, 0.5) is 5.95 Å². The van der Waals surface area contributed by atoms with Gasteiger partial charge in [-0.2, -0.15) is 0 Å². The van der Waals surface area contributed by atoms with Crippen molar-refractivity contribution in [3.63, 3.8) is 0 Å². The van der Waals surface area contributed by atoms with Gasteiger partial charge >= 0.3 is 0 Å². The van der Waals surface area contributed by atoms with Crippen LogP contribution in [0.5, 0.6) is 0 Å². The van der Waals surface area contributed by atoms with Crippen molar-refractivity contribution in [3.05, 3.63) is 46.1 Å². The number of nitrogens with zero attached hydrogens (tertiary/aromatic N) is 3. The maximum Gasteiger partial charge on any atom is 0.272 e. The third kappa shape index (κ3) is 2.97. The van der Waals surface area contributed by atoms with E-state index in [1.165, 1.54) is 30.6 Å². The topological polar surface area (TPSA) is 38.1 Å². The number of piperidine rings is 1. The highest BCUT2D eigenvalue weighted by Crippen LogP contribution is 2.32. The molecule has 0 bridgehead atoms. The lowest BCUT2D eigenvalue weighted by Crippen LogP contribution is -2.36. The predicted octanol–water partition coefficient (Wildman–Crippen LogP) is 4.53. The summed E-state index contributed by atoms with van der Waals surface area (Å²) in [4.78, 5) is 20.4. The Balaban J connectivity index is 1.92. The molecule has 1 aliphatic heterocycles. The third-order valence-electron chi connectivity index (χ3n) is 4.83. The maximum atomic E-state index is 13.1. The summed E-state index contributed by atoms with van der Waals surface area (Å²) in [7, 11) is 0. The molecule has 0 radical (unpaired) electrons. The van der Waals surface area contributed by atoms with Crippen molar-refractivity contribution in [2.75, 3.05) is 18.0 Å². The predicted molar refractivity (Wildman–Crippen MR) is 106 cm³/mol. The Morgan fingerprint density at radius 1 is 1.12 bits per heavy atom. The first-order valence-electron chi connectivity index (χ1n) is 9.12.